The summed E-state index contributed by atoms with van der Waals surface area (Å²) in [5.41, 5.74) is 0.962. The molecule has 2 saturated heterocycles. The maximum absolute atomic E-state index is 13.2. The first-order valence-corrected chi connectivity index (χ1v) is 12.7. The average Bonchev–Trinajstić information content (AvgIpc) is 3.64. The Hall–Kier alpha value is -3.55. The van der Waals surface area contributed by atoms with E-state index < -0.39 is 0 Å². The van der Waals surface area contributed by atoms with Crippen molar-refractivity contribution in [1.29, 1.82) is 0 Å². The normalized spacial score (nSPS) is 21.1. The zero-order valence-corrected chi connectivity index (χ0v) is 21.1. The van der Waals surface area contributed by atoms with E-state index in [0.717, 1.165) is 56.8 Å². The van der Waals surface area contributed by atoms with E-state index in [1.165, 1.54) is 0 Å². The summed E-state index contributed by atoms with van der Waals surface area (Å²) in [6.07, 6.45) is 7.98. The number of nitrogens with zero attached hydrogens (tertiary/aromatic N) is 4. The molecule has 2 amide bonds. The molecule has 1 unspecified atom stereocenters. The zero-order valence-electron chi connectivity index (χ0n) is 21.1. The number of likely N-dealkylation sites (tertiary alicyclic amines) is 1. The molecule has 0 radical (unpaired) electrons. The Morgan fingerprint density at radius 1 is 0.944 bits per heavy atom. The number of methoxy groups -OCH3 is 2. The maximum Gasteiger partial charge on any atom is 0.246 e. The quantitative estimate of drug-likeness (QED) is 0.580. The highest BCUT2D eigenvalue weighted by Gasteiger charge is 2.59. The number of benzene rings is 1. The monoisotopic (exact) mass is 490 g/mol. The summed E-state index contributed by atoms with van der Waals surface area (Å²) in [6.45, 7) is 4.52. The van der Waals surface area contributed by atoms with E-state index in [1.807, 2.05) is 58.5 Å². The van der Waals surface area contributed by atoms with Gasteiger partial charge in [0, 0.05) is 57.5 Å². The molecule has 8 nitrogen and oxygen atoms in total. The molecule has 190 valence electrons. The molecule has 2 aromatic rings. The number of pyridine rings is 1. The van der Waals surface area contributed by atoms with Crippen LogP contribution in [0.25, 0.3) is 6.08 Å². The number of piperidine rings is 1. The second kappa shape index (κ2) is 10.2. The lowest BCUT2D eigenvalue weighted by atomic mass is 9.90. The number of piperazine rings is 1. The van der Waals surface area contributed by atoms with Crippen LogP contribution in [-0.4, -0.2) is 80.1 Å². The van der Waals surface area contributed by atoms with Gasteiger partial charge in [-0.05, 0) is 60.6 Å². The van der Waals surface area contributed by atoms with E-state index in [0.29, 0.717) is 30.5 Å². The molecule has 1 saturated carbocycles. The minimum Gasteiger partial charge on any atom is -0.493 e. The highest BCUT2D eigenvalue weighted by molar-refractivity contribution is 5.92. The maximum atomic E-state index is 13.2. The molecule has 8 heteroatoms. The van der Waals surface area contributed by atoms with Crippen LogP contribution in [-0.2, 0) is 9.59 Å². The second-order valence-electron chi connectivity index (χ2n) is 9.89. The number of anilines is 1. The fourth-order valence-electron chi connectivity index (χ4n) is 5.57. The minimum atomic E-state index is 0.00815. The Bertz CT molecular complexity index is 1120. The van der Waals surface area contributed by atoms with Crippen LogP contribution in [0, 0.1) is 11.3 Å². The smallest absolute Gasteiger partial charge is 0.246 e. The van der Waals surface area contributed by atoms with E-state index in [2.05, 4.69) is 9.88 Å². The third-order valence-corrected chi connectivity index (χ3v) is 7.95. The Balaban J connectivity index is 1.10. The summed E-state index contributed by atoms with van der Waals surface area (Å²) < 4.78 is 10.6. The van der Waals surface area contributed by atoms with E-state index in [1.54, 1.807) is 20.3 Å². The van der Waals surface area contributed by atoms with Gasteiger partial charge in [-0.3, -0.25) is 9.59 Å². The highest BCUT2D eigenvalue weighted by Crippen LogP contribution is 2.60. The van der Waals surface area contributed by atoms with Gasteiger partial charge < -0.3 is 24.2 Å². The lowest BCUT2D eigenvalue weighted by molar-refractivity contribution is -0.134. The van der Waals surface area contributed by atoms with Crippen molar-refractivity contribution in [2.24, 2.45) is 11.3 Å². The van der Waals surface area contributed by atoms with Gasteiger partial charge in [0.1, 0.15) is 5.82 Å². The molecule has 2 aliphatic heterocycles. The van der Waals surface area contributed by atoms with Gasteiger partial charge in [-0.2, -0.15) is 0 Å². The summed E-state index contributed by atoms with van der Waals surface area (Å²) >= 11 is 0. The number of ether oxygens (including phenoxy) is 2. The van der Waals surface area contributed by atoms with Crippen molar-refractivity contribution in [2.45, 2.75) is 19.3 Å². The van der Waals surface area contributed by atoms with Gasteiger partial charge in [0.15, 0.2) is 11.5 Å². The molecule has 1 aromatic carbocycles. The number of hydrogen-bond donors (Lipinski definition) is 0. The van der Waals surface area contributed by atoms with Gasteiger partial charge in [-0.25, -0.2) is 4.98 Å². The molecule has 1 aliphatic carbocycles. The number of aromatic nitrogens is 1. The number of hydrogen-bond acceptors (Lipinski definition) is 6. The summed E-state index contributed by atoms with van der Waals surface area (Å²) in [5.74, 6) is 2.68. The molecule has 0 N–H and O–H groups in total. The first-order valence-electron chi connectivity index (χ1n) is 12.7. The third kappa shape index (κ3) is 4.90. The third-order valence-electron chi connectivity index (χ3n) is 7.95. The standard InChI is InChI=1S/C28H34N4O4/c1-35-23-8-6-21(19-24(23)36-2)7-9-26(33)31-13-10-28(11-14-31)20-22(28)27(34)32-17-15-30(16-18-32)25-5-3-4-12-29-25/h3-9,12,19,22H,10-11,13-18,20H2,1-2H3/b9-7+. The van der Waals surface area contributed by atoms with E-state index in [4.69, 9.17) is 9.47 Å². The predicted molar refractivity (Wildman–Crippen MR) is 138 cm³/mol. The molecule has 0 bridgehead atoms. The van der Waals surface area contributed by atoms with Crippen LogP contribution < -0.4 is 14.4 Å². The van der Waals surface area contributed by atoms with Crippen molar-refractivity contribution in [3.63, 3.8) is 0 Å². The Morgan fingerprint density at radius 3 is 2.36 bits per heavy atom. The van der Waals surface area contributed by atoms with Crippen LogP contribution in [0.3, 0.4) is 0 Å². The molecule has 1 aromatic heterocycles. The van der Waals surface area contributed by atoms with Crippen molar-refractivity contribution >= 4 is 23.7 Å². The van der Waals surface area contributed by atoms with Gasteiger partial charge in [0.2, 0.25) is 11.8 Å². The molecule has 1 spiro atoms. The SMILES string of the molecule is COc1ccc(/C=C/C(=O)N2CCC3(CC2)CC3C(=O)N2CCN(c3ccccn3)CC2)cc1OC. The lowest BCUT2D eigenvalue weighted by Crippen LogP contribution is -2.50. The van der Waals surface area contributed by atoms with Crippen LogP contribution in [0.15, 0.2) is 48.7 Å². The fraction of sp³-hybridized carbons (Fsp3) is 0.464. The van der Waals surface area contributed by atoms with Crippen molar-refractivity contribution in [3.05, 3.63) is 54.2 Å². The summed E-state index contributed by atoms with van der Waals surface area (Å²) in [4.78, 5) is 36.6. The zero-order chi connectivity index (χ0) is 25.1. The summed E-state index contributed by atoms with van der Waals surface area (Å²) in [6, 6.07) is 11.5. The molecular formula is C28H34N4O4. The Kier molecular flexibility index (Phi) is 6.85. The summed E-state index contributed by atoms with van der Waals surface area (Å²) in [7, 11) is 3.19. The number of amides is 2. The van der Waals surface area contributed by atoms with Gasteiger partial charge in [0.05, 0.1) is 14.2 Å². The minimum absolute atomic E-state index is 0.00815. The molecule has 36 heavy (non-hydrogen) atoms. The van der Waals surface area contributed by atoms with E-state index in [-0.39, 0.29) is 17.2 Å². The predicted octanol–water partition coefficient (Wildman–Crippen LogP) is 3.09. The number of rotatable bonds is 6. The van der Waals surface area contributed by atoms with Crippen LogP contribution in [0.4, 0.5) is 5.82 Å². The van der Waals surface area contributed by atoms with Crippen LogP contribution in [0.2, 0.25) is 0 Å². The van der Waals surface area contributed by atoms with E-state index in [9.17, 15) is 9.59 Å². The first-order chi connectivity index (χ1) is 17.5. The Morgan fingerprint density at radius 2 is 1.69 bits per heavy atom. The summed E-state index contributed by atoms with van der Waals surface area (Å²) in [5, 5.41) is 0. The number of carbonyl (C=O) groups excluding carboxylic acids is 2. The van der Waals surface area contributed by atoms with Crippen LogP contribution >= 0.6 is 0 Å². The lowest BCUT2D eigenvalue weighted by Gasteiger charge is -2.37. The van der Waals surface area contributed by atoms with Crippen molar-refractivity contribution in [1.82, 2.24) is 14.8 Å². The van der Waals surface area contributed by atoms with Crippen LogP contribution in [0.5, 0.6) is 11.5 Å². The molecule has 5 rings (SSSR count). The molecule has 1 atom stereocenters. The van der Waals surface area contributed by atoms with Gasteiger partial charge in [-0.15, -0.1) is 0 Å². The highest BCUT2D eigenvalue weighted by atomic mass is 16.5. The largest absolute Gasteiger partial charge is 0.493 e. The van der Waals surface area contributed by atoms with Gasteiger partial charge in [-0.1, -0.05) is 12.1 Å². The van der Waals surface area contributed by atoms with Crippen molar-refractivity contribution in [2.75, 3.05) is 58.4 Å². The van der Waals surface area contributed by atoms with Crippen LogP contribution in [0.1, 0.15) is 24.8 Å². The fourth-order valence-corrected chi connectivity index (χ4v) is 5.57. The first kappa shape index (κ1) is 24.2. The van der Waals surface area contributed by atoms with Crippen molar-refractivity contribution in [3.8, 4) is 11.5 Å². The van der Waals surface area contributed by atoms with Crippen molar-refractivity contribution < 1.29 is 19.1 Å². The molecular weight excluding hydrogens is 456 g/mol. The number of carbonyl (C=O) groups is 2. The van der Waals surface area contributed by atoms with E-state index >= 15 is 0 Å². The van der Waals surface area contributed by atoms with Gasteiger partial charge in [0.25, 0.3) is 0 Å². The molecule has 3 fully saturated rings. The Labute approximate surface area is 212 Å². The molecule has 3 aliphatic rings. The molecule has 3 heterocycles. The second-order valence-corrected chi connectivity index (χ2v) is 9.89. The topological polar surface area (TPSA) is 75.2 Å². The average molecular weight is 491 g/mol. The van der Waals surface area contributed by atoms with Gasteiger partial charge >= 0.3 is 0 Å².